The Kier molecular flexibility index (Phi) is 5.28. The first kappa shape index (κ1) is 20.8. The lowest BCUT2D eigenvalue weighted by Crippen LogP contribution is -2.44. The Hall–Kier alpha value is -3.08. The molecule has 1 saturated heterocycles. The van der Waals surface area contributed by atoms with Crippen molar-refractivity contribution in [3.05, 3.63) is 53.1 Å². The maximum Gasteiger partial charge on any atom is 0.260 e. The minimum Gasteiger partial charge on any atom is -0.342 e. The molecule has 2 fully saturated rings. The second-order valence-corrected chi connectivity index (χ2v) is 9.02. The molecule has 1 unspecified atom stereocenters. The molecule has 3 aliphatic rings. The van der Waals surface area contributed by atoms with Gasteiger partial charge < -0.3 is 20.0 Å². The molecule has 7 nitrogen and oxygen atoms in total. The Labute approximate surface area is 192 Å². The Morgan fingerprint density at radius 3 is 2.75 bits per heavy atom. The van der Waals surface area contributed by atoms with Crippen molar-refractivity contribution < 1.29 is 9.59 Å². The molecule has 1 N–H and O–H groups in total. The number of anilines is 3. The molecule has 1 saturated carbocycles. The standard InChI is InChI=1S/C24H24ClN5O2/c1-28-19-7-6-16(25)12-18(19)24(32)29(21-5-3-2-4-20(21)28)9-8-27-14-23(31)30-17(13-26)10-15-11-22(15)30/h2-7,12,15,17,22,27H,8-11,14H2,1H3/t15-,17?,22+/m1/s1. The first-order chi connectivity index (χ1) is 15.5. The van der Waals surface area contributed by atoms with Crippen molar-refractivity contribution in [1.29, 1.82) is 5.26 Å². The van der Waals surface area contributed by atoms with E-state index >= 15 is 0 Å². The number of likely N-dealkylation sites (tertiary alicyclic amines) is 1. The average molecular weight is 450 g/mol. The monoisotopic (exact) mass is 449 g/mol. The summed E-state index contributed by atoms with van der Waals surface area (Å²) in [7, 11) is 1.94. The van der Waals surface area contributed by atoms with Crippen LogP contribution in [-0.4, -0.2) is 55.5 Å². The molecule has 2 aliphatic heterocycles. The van der Waals surface area contributed by atoms with Crippen molar-refractivity contribution in [1.82, 2.24) is 10.2 Å². The number of fused-ring (bicyclic) bond motifs is 3. The van der Waals surface area contributed by atoms with Gasteiger partial charge in [-0.15, -0.1) is 0 Å². The summed E-state index contributed by atoms with van der Waals surface area (Å²) in [5.41, 5.74) is 3.08. The highest BCUT2D eigenvalue weighted by molar-refractivity contribution is 6.31. The van der Waals surface area contributed by atoms with Gasteiger partial charge in [0.15, 0.2) is 0 Å². The number of nitrogens with zero attached hydrogens (tertiary/aromatic N) is 4. The van der Waals surface area contributed by atoms with Crippen LogP contribution in [0, 0.1) is 17.2 Å². The summed E-state index contributed by atoms with van der Waals surface area (Å²) in [6, 6.07) is 15.3. The van der Waals surface area contributed by atoms with Crippen LogP contribution in [-0.2, 0) is 4.79 Å². The van der Waals surface area contributed by atoms with Crippen molar-refractivity contribution in [2.75, 3.05) is 36.5 Å². The predicted octanol–water partition coefficient (Wildman–Crippen LogP) is 3.17. The molecule has 0 radical (unpaired) electrons. The van der Waals surface area contributed by atoms with Crippen molar-refractivity contribution in [2.24, 2.45) is 5.92 Å². The Bertz CT molecular complexity index is 1130. The fraction of sp³-hybridized carbons (Fsp3) is 0.375. The minimum absolute atomic E-state index is 0.0407. The molecule has 2 heterocycles. The zero-order valence-electron chi connectivity index (χ0n) is 17.8. The third kappa shape index (κ3) is 3.50. The van der Waals surface area contributed by atoms with Crippen molar-refractivity contribution in [3.63, 3.8) is 0 Å². The second-order valence-electron chi connectivity index (χ2n) is 8.59. The van der Waals surface area contributed by atoms with Gasteiger partial charge in [0.25, 0.3) is 5.91 Å². The minimum atomic E-state index is -0.302. The first-order valence-electron chi connectivity index (χ1n) is 10.8. The quantitative estimate of drug-likeness (QED) is 0.709. The molecule has 3 atom stereocenters. The fourth-order valence-electron chi connectivity index (χ4n) is 4.96. The van der Waals surface area contributed by atoms with Crippen molar-refractivity contribution in [3.8, 4) is 6.07 Å². The number of benzene rings is 2. The number of halogens is 1. The van der Waals surface area contributed by atoms with Gasteiger partial charge in [-0.05, 0) is 49.1 Å². The number of rotatable bonds is 5. The van der Waals surface area contributed by atoms with E-state index in [1.165, 1.54) is 0 Å². The molecule has 0 aromatic heterocycles. The van der Waals surface area contributed by atoms with Gasteiger partial charge in [0.2, 0.25) is 5.91 Å². The van der Waals surface area contributed by atoms with Crippen LogP contribution >= 0.6 is 11.6 Å². The van der Waals surface area contributed by atoms with E-state index in [2.05, 4.69) is 11.4 Å². The largest absolute Gasteiger partial charge is 0.342 e. The Balaban J connectivity index is 1.31. The summed E-state index contributed by atoms with van der Waals surface area (Å²) in [4.78, 5) is 31.6. The van der Waals surface area contributed by atoms with Gasteiger partial charge in [0.1, 0.15) is 6.04 Å². The summed E-state index contributed by atoms with van der Waals surface area (Å²) in [6.07, 6.45) is 1.81. The van der Waals surface area contributed by atoms with Crippen LogP contribution < -0.4 is 15.1 Å². The maximum absolute atomic E-state index is 13.5. The van der Waals surface area contributed by atoms with Crippen LogP contribution in [0.5, 0.6) is 0 Å². The van der Waals surface area contributed by atoms with Crippen LogP contribution in [0.4, 0.5) is 17.1 Å². The molecule has 2 amide bonds. The third-order valence-corrected chi connectivity index (χ3v) is 6.89. The molecular formula is C24H24ClN5O2. The Morgan fingerprint density at radius 1 is 1.19 bits per heavy atom. The van der Waals surface area contributed by atoms with Crippen LogP contribution in [0.1, 0.15) is 23.2 Å². The van der Waals surface area contributed by atoms with Crippen LogP contribution in [0.3, 0.4) is 0 Å². The number of hydrogen-bond acceptors (Lipinski definition) is 5. The van der Waals surface area contributed by atoms with Crippen molar-refractivity contribution in [2.45, 2.75) is 24.9 Å². The van der Waals surface area contributed by atoms with Gasteiger partial charge in [-0.1, -0.05) is 23.7 Å². The molecule has 8 heteroatoms. The number of para-hydroxylation sites is 2. The highest BCUT2D eigenvalue weighted by atomic mass is 35.5. The molecule has 164 valence electrons. The molecule has 0 bridgehead atoms. The van der Waals surface area contributed by atoms with E-state index in [1.54, 1.807) is 21.9 Å². The molecule has 2 aromatic carbocycles. The van der Waals surface area contributed by atoms with Gasteiger partial charge in [0.05, 0.1) is 35.2 Å². The molecule has 0 spiro atoms. The van der Waals surface area contributed by atoms with E-state index < -0.39 is 0 Å². The summed E-state index contributed by atoms with van der Waals surface area (Å²) in [6.45, 7) is 1.01. The van der Waals surface area contributed by atoms with Crippen LogP contribution in [0.25, 0.3) is 0 Å². The van der Waals surface area contributed by atoms with E-state index in [0.29, 0.717) is 29.6 Å². The molecular weight excluding hydrogens is 426 g/mol. The average Bonchev–Trinajstić information content (AvgIpc) is 3.48. The number of nitrogens with one attached hydrogen (secondary N) is 1. The number of nitriles is 1. The third-order valence-electron chi connectivity index (χ3n) is 6.66. The molecule has 2 aromatic rings. The highest BCUT2D eigenvalue weighted by Gasteiger charge is 2.53. The van der Waals surface area contributed by atoms with Crippen LogP contribution in [0.2, 0.25) is 5.02 Å². The van der Waals surface area contributed by atoms with E-state index in [0.717, 1.165) is 29.9 Å². The van der Waals surface area contributed by atoms with Gasteiger partial charge in [-0.3, -0.25) is 9.59 Å². The van der Waals surface area contributed by atoms with Crippen molar-refractivity contribution >= 4 is 40.5 Å². The van der Waals surface area contributed by atoms with Gasteiger partial charge in [-0.2, -0.15) is 5.26 Å². The number of carbonyl (C=O) groups is 2. The highest BCUT2D eigenvalue weighted by Crippen LogP contribution is 2.47. The number of carbonyl (C=O) groups excluding carboxylic acids is 2. The maximum atomic E-state index is 13.5. The molecule has 1 aliphatic carbocycles. The number of amides is 2. The Morgan fingerprint density at radius 2 is 1.97 bits per heavy atom. The summed E-state index contributed by atoms with van der Waals surface area (Å²) >= 11 is 6.20. The topological polar surface area (TPSA) is 79.7 Å². The second kappa shape index (κ2) is 8.12. The van der Waals surface area contributed by atoms with E-state index in [1.807, 2.05) is 42.3 Å². The fourth-order valence-corrected chi connectivity index (χ4v) is 5.13. The normalized spacial score (nSPS) is 23.2. The zero-order chi connectivity index (χ0) is 22.4. The number of piperidine rings is 1. The lowest BCUT2D eigenvalue weighted by atomic mass is 10.1. The van der Waals surface area contributed by atoms with Gasteiger partial charge in [0, 0.05) is 31.2 Å². The number of hydrogen-bond donors (Lipinski definition) is 1. The van der Waals surface area contributed by atoms with E-state index in [-0.39, 0.29) is 30.4 Å². The lowest BCUT2D eigenvalue weighted by Gasteiger charge is -2.25. The predicted molar refractivity (Wildman–Crippen MR) is 123 cm³/mol. The van der Waals surface area contributed by atoms with Gasteiger partial charge >= 0.3 is 0 Å². The van der Waals surface area contributed by atoms with Crippen LogP contribution in [0.15, 0.2) is 42.5 Å². The SMILES string of the molecule is CN1c2ccc(Cl)cc2C(=O)N(CCNCC(=O)N2C(C#N)C[C@@H]3C[C@@H]32)c2ccccc21. The smallest absolute Gasteiger partial charge is 0.260 e. The first-order valence-corrected chi connectivity index (χ1v) is 11.2. The molecule has 5 rings (SSSR count). The summed E-state index contributed by atoms with van der Waals surface area (Å²) in [5, 5.41) is 13.0. The molecule has 32 heavy (non-hydrogen) atoms. The van der Waals surface area contributed by atoms with E-state index in [9.17, 15) is 14.9 Å². The van der Waals surface area contributed by atoms with E-state index in [4.69, 9.17) is 11.6 Å². The summed E-state index contributed by atoms with van der Waals surface area (Å²) < 4.78 is 0. The zero-order valence-corrected chi connectivity index (χ0v) is 18.5. The van der Waals surface area contributed by atoms with Gasteiger partial charge in [-0.25, -0.2) is 0 Å². The summed E-state index contributed by atoms with van der Waals surface area (Å²) in [5.74, 6) is 0.331. The lowest BCUT2D eigenvalue weighted by molar-refractivity contribution is -0.131.